The molecule has 5 rings (SSSR count). The van der Waals surface area contributed by atoms with Crippen LogP contribution in [0, 0.1) is 0 Å². The average Bonchev–Trinajstić information content (AvgIpc) is 3.40. The molecular formula is C25H25N3O2. The maximum Gasteiger partial charge on any atom is 0.244 e. The Bertz CT molecular complexity index is 1090. The molecule has 152 valence electrons. The van der Waals surface area contributed by atoms with E-state index in [1.165, 1.54) is 16.8 Å². The molecule has 2 aromatic carbocycles. The molecule has 0 saturated heterocycles. The number of carbonyl (C=O) groups excluding carboxylic acids is 1. The van der Waals surface area contributed by atoms with Crippen LogP contribution in [-0.2, 0) is 24.2 Å². The summed E-state index contributed by atoms with van der Waals surface area (Å²) < 4.78 is 7.62. The van der Waals surface area contributed by atoms with Gasteiger partial charge in [0, 0.05) is 23.8 Å². The Morgan fingerprint density at radius 3 is 3.00 bits per heavy atom. The monoisotopic (exact) mass is 399 g/mol. The van der Waals surface area contributed by atoms with E-state index in [9.17, 15) is 4.79 Å². The fraction of sp³-hybridized carbons (Fsp3) is 0.280. The lowest BCUT2D eigenvalue weighted by atomic mass is 9.93. The first-order chi connectivity index (χ1) is 14.8. The number of aromatic nitrogens is 2. The Kier molecular flexibility index (Phi) is 5.10. The number of fused-ring (bicyclic) bond motifs is 2. The van der Waals surface area contributed by atoms with E-state index in [0.717, 1.165) is 55.7 Å². The Morgan fingerprint density at radius 1 is 1.20 bits per heavy atom. The van der Waals surface area contributed by atoms with Crippen molar-refractivity contribution in [1.82, 2.24) is 15.1 Å². The van der Waals surface area contributed by atoms with Crippen molar-refractivity contribution in [2.24, 2.45) is 0 Å². The summed E-state index contributed by atoms with van der Waals surface area (Å²) in [7, 11) is 0. The molecule has 0 radical (unpaired) electrons. The molecule has 0 bridgehead atoms. The number of carbonyl (C=O) groups is 1. The first-order valence-electron chi connectivity index (χ1n) is 10.6. The third-order valence-corrected chi connectivity index (χ3v) is 5.90. The zero-order valence-electron chi connectivity index (χ0n) is 16.9. The third kappa shape index (κ3) is 3.88. The van der Waals surface area contributed by atoms with Gasteiger partial charge in [0.2, 0.25) is 5.91 Å². The highest BCUT2D eigenvalue weighted by atomic mass is 16.5. The maximum atomic E-state index is 12.6. The Labute approximate surface area is 176 Å². The summed E-state index contributed by atoms with van der Waals surface area (Å²) in [6.07, 6.45) is 9.35. The Morgan fingerprint density at radius 2 is 2.10 bits per heavy atom. The van der Waals surface area contributed by atoms with Crippen molar-refractivity contribution in [3.8, 4) is 5.75 Å². The Balaban J connectivity index is 1.27. The SMILES string of the molecule is O=C(/C=C/c1ccc2c(c1)CCO2)NC1CCCc2c1cnn2Cc1ccccc1. The number of rotatable bonds is 5. The van der Waals surface area contributed by atoms with Gasteiger partial charge in [0.15, 0.2) is 0 Å². The van der Waals surface area contributed by atoms with Crippen molar-refractivity contribution >= 4 is 12.0 Å². The van der Waals surface area contributed by atoms with Gasteiger partial charge in [0.25, 0.3) is 0 Å². The molecule has 1 aromatic heterocycles. The summed E-state index contributed by atoms with van der Waals surface area (Å²) in [6.45, 7) is 1.50. The van der Waals surface area contributed by atoms with Gasteiger partial charge in [0.1, 0.15) is 5.75 Å². The summed E-state index contributed by atoms with van der Waals surface area (Å²) in [5.74, 6) is 0.888. The van der Waals surface area contributed by atoms with E-state index >= 15 is 0 Å². The van der Waals surface area contributed by atoms with E-state index in [-0.39, 0.29) is 11.9 Å². The zero-order valence-corrected chi connectivity index (χ0v) is 16.9. The van der Waals surface area contributed by atoms with Crippen molar-refractivity contribution < 1.29 is 9.53 Å². The van der Waals surface area contributed by atoms with Crippen LogP contribution in [0.1, 0.15) is 46.8 Å². The number of nitrogens with zero attached hydrogens (tertiary/aromatic N) is 2. The van der Waals surface area contributed by atoms with Crippen LogP contribution in [0.25, 0.3) is 6.08 Å². The smallest absolute Gasteiger partial charge is 0.244 e. The van der Waals surface area contributed by atoms with Gasteiger partial charge in [-0.1, -0.05) is 36.4 Å². The van der Waals surface area contributed by atoms with Gasteiger partial charge in [-0.15, -0.1) is 0 Å². The molecule has 0 saturated carbocycles. The molecule has 1 atom stereocenters. The minimum atomic E-state index is -0.0691. The molecular weight excluding hydrogens is 374 g/mol. The fourth-order valence-electron chi connectivity index (χ4n) is 4.36. The second-order valence-electron chi connectivity index (χ2n) is 7.94. The highest BCUT2D eigenvalue weighted by Crippen LogP contribution is 2.30. The van der Waals surface area contributed by atoms with E-state index in [2.05, 4.69) is 45.4 Å². The lowest BCUT2D eigenvalue weighted by Crippen LogP contribution is -2.29. The number of benzene rings is 2. The first kappa shape index (κ1) is 18.7. The van der Waals surface area contributed by atoms with Gasteiger partial charge in [-0.25, -0.2) is 0 Å². The fourth-order valence-corrected chi connectivity index (χ4v) is 4.36. The quantitative estimate of drug-likeness (QED) is 0.658. The van der Waals surface area contributed by atoms with Crippen molar-refractivity contribution in [1.29, 1.82) is 0 Å². The molecule has 3 aromatic rings. The molecule has 0 spiro atoms. The molecule has 1 aliphatic heterocycles. The van der Waals surface area contributed by atoms with Crippen LogP contribution in [0.2, 0.25) is 0 Å². The van der Waals surface area contributed by atoms with Gasteiger partial charge < -0.3 is 10.1 Å². The number of hydrogen-bond acceptors (Lipinski definition) is 3. The standard InChI is InChI=1S/C25H25N3O2/c29-25(12-10-18-9-11-24-20(15-18)13-14-30-24)27-22-7-4-8-23-21(22)16-26-28(23)17-19-5-2-1-3-6-19/h1-3,5-6,9-12,15-16,22H,4,7-8,13-14,17H2,(H,27,29)/b12-10+. The van der Waals surface area contributed by atoms with Crippen molar-refractivity contribution in [3.05, 3.63) is 88.8 Å². The van der Waals surface area contributed by atoms with Gasteiger partial charge in [-0.05, 0) is 54.2 Å². The predicted octanol–water partition coefficient (Wildman–Crippen LogP) is 4.07. The molecule has 1 amide bonds. The lowest BCUT2D eigenvalue weighted by Gasteiger charge is -2.23. The third-order valence-electron chi connectivity index (χ3n) is 5.90. The topological polar surface area (TPSA) is 56.1 Å². The second-order valence-corrected chi connectivity index (χ2v) is 7.94. The number of amides is 1. The predicted molar refractivity (Wildman–Crippen MR) is 116 cm³/mol. The van der Waals surface area contributed by atoms with Gasteiger partial charge in [0.05, 0.1) is 25.4 Å². The van der Waals surface area contributed by atoms with E-state index in [0.29, 0.717) is 0 Å². The van der Waals surface area contributed by atoms with Gasteiger partial charge in [-0.3, -0.25) is 9.48 Å². The van der Waals surface area contributed by atoms with Crippen LogP contribution in [-0.4, -0.2) is 22.3 Å². The van der Waals surface area contributed by atoms with Crippen LogP contribution in [0.15, 0.2) is 60.8 Å². The molecule has 5 nitrogen and oxygen atoms in total. The molecule has 2 heterocycles. The maximum absolute atomic E-state index is 12.6. The van der Waals surface area contributed by atoms with Gasteiger partial charge >= 0.3 is 0 Å². The number of nitrogens with one attached hydrogen (secondary N) is 1. The van der Waals surface area contributed by atoms with Crippen molar-refractivity contribution in [3.63, 3.8) is 0 Å². The average molecular weight is 399 g/mol. The minimum Gasteiger partial charge on any atom is -0.493 e. The Hall–Kier alpha value is -3.34. The van der Waals surface area contributed by atoms with E-state index in [4.69, 9.17) is 4.74 Å². The summed E-state index contributed by atoms with van der Waals surface area (Å²) in [5, 5.41) is 7.78. The summed E-state index contributed by atoms with van der Waals surface area (Å²) >= 11 is 0. The van der Waals surface area contributed by atoms with Crippen LogP contribution in [0.5, 0.6) is 5.75 Å². The highest BCUT2D eigenvalue weighted by Gasteiger charge is 2.25. The number of ether oxygens (including phenoxy) is 1. The summed E-state index contributed by atoms with van der Waals surface area (Å²) in [6, 6.07) is 16.4. The molecule has 1 unspecified atom stereocenters. The van der Waals surface area contributed by atoms with Crippen LogP contribution in [0.4, 0.5) is 0 Å². The van der Waals surface area contributed by atoms with Crippen LogP contribution in [0.3, 0.4) is 0 Å². The molecule has 30 heavy (non-hydrogen) atoms. The van der Waals surface area contributed by atoms with Crippen molar-refractivity contribution in [2.75, 3.05) is 6.61 Å². The molecule has 5 heteroatoms. The molecule has 0 fully saturated rings. The summed E-state index contributed by atoms with van der Waals surface area (Å²) in [5.41, 5.74) is 5.85. The first-order valence-corrected chi connectivity index (χ1v) is 10.6. The molecule has 2 aliphatic rings. The zero-order chi connectivity index (χ0) is 20.3. The van der Waals surface area contributed by atoms with E-state index in [1.807, 2.05) is 30.5 Å². The largest absolute Gasteiger partial charge is 0.493 e. The lowest BCUT2D eigenvalue weighted by molar-refractivity contribution is -0.117. The van der Waals surface area contributed by atoms with Crippen LogP contribution >= 0.6 is 0 Å². The van der Waals surface area contributed by atoms with E-state index < -0.39 is 0 Å². The van der Waals surface area contributed by atoms with Crippen LogP contribution < -0.4 is 10.1 Å². The number of hydrogen-bond donors (Lipinski definition) is 1. The summed E-state index contributed by atoms with van der Waals surface area (Å²) in [4.78, 5) is 12.6. The van der Waals surface area contributed by atoms with Gasteiger partial charge in [-0.2, -0.15) is 5.10 Å². The molecule has 1 aliphatic carbocycles. The highest BCUT2D eigenvalue weighted by molar-refractivity contribution is 5.92. The van der Waals surface area contributed by atoms with E-state index in [1.54, 1.807) is 6.08 Å². The molecule has 1 N–H and O–H groups in total. The minimum absolute atomic E-state index is 0.0174. The second kappa shape index (κ2) is 8.19. The normalized spacial score (nSPS) is 17.4. The van der Waals surface area contributed by atoms with Crippen molar-refractivity contribution in [2.45, 2.75) is 38.3 Å².